The minimum absolute atomic E-state index is 0.0171. The third-order valence-electron chi connectivity index (χ3n) is 9.60. The van der Waals surface area contributed by atoms with Crippen LogP contribution in [0.25, 0.3) is 11.2 Å². The van der Waals surface area contributed by atoms with Crippen LogP contribution in [0.4, 0.5) is 24.8 Å². The fraction of sp³-hybridized carbons (Fsp3) is 0.542. The van der Waals surface area contributed by atoms with Crippen LogP contribution >= 0.6 is 0 Å². The van der Waals surface area contributed by atoms with Crippen LogP contribution in [-0.4, -0.2) is 187 Å². The zero-order chi connectivity index (χ0) is 53.9. The summed E-state index contributed by atoms with van der Waals surface area (Å²) < 4.78 is 90.0. The molecule has 0 bridgehead atoms. The van der Waals surface area contributed by atoms with Crippen LogP contribution in [0.2, 0.25) is 0 Å². The van der Waals surface area contributed by atoms with E-state index >= 15 is 0 Å². The Labute approximate surface area is 425 Å². The zero-order valence-electron chi connectivity index (χ0n) is 40.8. The Morgan fingerprint density at radius 3 is 1.69 bits per heavy atom. The number of amides is 4. The summed E-state index contributed by atoms with van der Waals surface area (Å²) in [6.07, 6.45) is 12.1. The van der Waals surface area contributed by atoms with Gasteiger partial charge in [-0.15, -0.1) is 19.3 Å². The van der Waals surface area contributed by atoms with Crippen LogP contribution in [0.5, 0.6) is 0 Å². The molecule has 26 heteroatoms. The molecule has 0 aliphatic heterocycles. The molecule has 1 aromatic carbocycles. The molecule has 3 rings (SSSR count). The van der Waals surface area contributed by atoms with Crippen LogP contribution in [0.1, 0.15) is 35.3 Å². The first-order valence-corrected chi connectivity index (χ1v) is 23.1. The van der Waals surface area contributed by atoms with Gasteiger partial charge in [0, 0.05) is 37.2 Å². The van der Waals surface area contributed by atoms with Crippen molar-refractivity contribution in [1.82, 2.24) is 35.9 Å². The molecule has 0 aliphatic rings. The molecule has 0 fully saturated rings. The maximum absolute atomic E-state index is 13.6. The molecule has 0 saturated carbocycles. The molecule has 0 spiro atoms. The molecule has 0 atom stereocenters. The second kappa shape index (κ2) is 35.4. The number of H-pyrrole nitrogens is 1. The number of fused-ring (bicyclic) bond motifs is 1. The number of anilines is 2. The van der Waals surface area contributed by atoms with Crippen molar-refractivity contribution >= 4 is 46.4 Å². The van der Waals surface area contributed by atoms with Gasteiger partial charge >= 0.3 is 12.1 Å². The van der Waals surface area contributed by atoms with Gasteiger partial charge in [-0.3, -0.25) is 33.9 Å². The molecule has 0 radical (unpaired) electrons. The number of aromatic amines is 1. The molecular weight excluding hydrogens is 984 g/mol. The van der Waals surface area contributed by atoms with Gasteiger partial charge in [0.1, 0.15) is 25.4 Å². The second-order valence-corrected chi connectivity index (χ2v) is 15.5. The van der Waals surface area contributed by atoms with E-state index in [0.29, 0.717) is 70.8 Å². The van der Waals surface area contributed by atoms with Crippen molar-refractivity contribution in [3.63, 3.8) is 0 Å². The lowest BCUT2D eigenvalue weighted by Gasteiger charge is -2.33. The van der Waals surface area contributed by atoms with Crippen molar-refractivity contribution in [1.29, 1.82) is 0 Å². The van der Waals surface area contributed by atoms with E-state index < -0.39 is 35.6 Å². The van der Waals surface area contributed by atoms with Gasteiger partial charge < -0.3 is 64.3 Å². The largest absolute Gasteiger partial charge is 0.471 e. The highest BCUT2D eigenvalue weighted by Crippen LogP contribution is 2.26. The summed E-state index contributed by atoms with van der Waals surface area (Å²) in [4.78, 5) is 76.6. The number of benzene rings is 1. The van der Waals surface area contributed by atoms with Crippen LogP contribution in [0.15, 0.2) is 35.3 Å². The summed E-state index contributed by atoms with van der Waals surface area (Å²) >= 11 is 0. The Morgan fingerprint density at radius 2 is 1.18 bits per heavy atom. The Kier molecular flexibility index (Phi) is 29.4. The van der Waals surface area contributed by atoms with E-state index in [1.165, 1.54) is 12.1 Å². The number of hydrogen-bond donors (Lipinski definition) is 5. The summed E-state index contributed by atoms with van der Waals surface area (Å²) in [6.45, 7) is 3.54. The SMILES string of the molecule is C#CCOCC(COCC#C)(COCC#C)NC(=O)CCOCCOCCOCCOCCOCCOCCNC(=O)CCCNC(=O)c1ccc(N(Cc2cnc3nc(N)[nH]c(=O)c3n2)C(=O)C(F)(F)F)cc1. The van der Waals surface area contributed by atoms with Gasteiger partial charge in [-0.25, -0.2) is 9.97 Å². The highest BCUT2D eigenvalue weighted by Gasteiger charge is 2.43. The van der Waals surface area contributed by atoms with Crippen molar-refractivity contribution < 1.29 is 75.0 Å². The Hall–Kier alpha value is -6.77. The molecule has 6 N–H and O–H groups in total. The molecule has 0 unspecified atom stereocenters. The summed E-state index contributed by atoms with van der Waals surface area (Å²) in [7, 11) is 0. The predicted molar refractivity (Wildman–Crippen MR) is 260 cm³/mol. The number of nitrogens with two attached hydrogens (primary N) is 1. The van der Waals surface area contributed by atoms with Crippen LogP contribution < -0.4 is 32.1 Å². The van der Waals surface area contributed by atoms with Crippen molar-refractivity contribution in [2.45, 2.75) is 37.5 Å². The molecule has 2 aromatic heterocycles. The highest BCUT2D eigenvalue weighted by molar-refractivity contribution is 5.98. The molecule has 23 nitrogen and oxygen atoms in total. The zero-order valence-corrected chi connectivity index (χ0v) is 40.8. The second-order valence-electron chi connectivity index (χ2n) is 15.5. The number of halogens is 3. The van der Waals surface area contributed by atoms with Gasteiger partial charge in [-0.2, -0.15) is 18.2 Å². The molecule has 0 aliphatic carbocycles. The topological polar surface area (TPSA) is 288 Å². The number of nitrogen functional groups attached to an aromatic ring is 1. The van der Waals surface area contributed by atoms with Gasteiger partial charge in [0.05, 0.1) is 118 Å². The molecule has 2 heterocycles. The summed E-state index contributed by atoms with van der Waals surface area (Å²) in [5.74, 6) is 3.54. The average Bonchev–Trinajstić information content (AvgIpc) is 3.37. The van der Waals surface area contributed by atoms with Crippen molar-refractivity contribution in [3.8, 4) is 37.0 Å². The predicted octanol–water partition coefficient (Wildman–Crippen LogP) is 0.311. The van der Waals surface area contributed by atoms with E-state index in [1.54, 1.807) is 0 Å². The Bertz CT molecular complexity index is 2320. The fourth-order valence-corrected chi connectivity index (χ4v) is 6.21. The van der Waals surface area contributed by atoms with E-state index in [9.17, 15) is 37.1 Å². The number of rotatable bonds is 39. The van der Waals surface area contributed by atoms with E-state index in [4.69, 9.17) is 67.6 Å². The van der Waals surface area contributed by atoms with Gasteiger partial charge in [0.2, 0.25) is 17.8 Å². The van der Waals surface area contributed by atoms with Crippen molar-refractivity contribution in [2.75, 3.05) is 143 Å². The van der Waals surface area contributed by atoms with Gasteiger partial charge in [-0.05, 0) is 30.7 Å². The smallest absolute Gasteiger partial charge is 0.379 e. The number of aromatic nitrogens is 4. The number of nitrogens with one attached hydrogen (secondary N) is 4. The molecular formula is C48H62F3N9O14. The first-order chi connectivity index (χ1) is 35.7. The lowest BCUT2D eigenvalue weighted by molar-refractivity contribution is -0.170. The summed E-state index contributed by atoms with van der Waals surface area (Å²) in [5.41, 5.74) is 2.99. The molecule has 404 valence electrons. The normalized spacial score (nSPS) is 11.4. The van der Waals surface area contributed by atoms with Gasteiger partial charge in [-0.1, -0.05) is 17.8 Å². The Balaban J connectivity index is 1.14. The van der Waals surface area contributed by atoms with Crippen molar-refractivity contribution in [3.05, 3.63) is 52.1 Å². The summed E-state index contributed by atoms with van der Waals surface area (Å²) in [5, 5.41) is 8.23. The fourth-order valence-electron chi connectivity index (χ4n) is 6.21. The number of nitrogens with zero attached hydrogens (tertiary/aromatic N) is 4. The van der Waals surface area contributed by atoms with E-state index in [0.717, 1.165) is 18.3 Å². The minimum atomic E-state index is -5.26. The number of alkyl halides is 3. The van der Waals surface area contributed by atoms with Crippen LogP contribution in [-0.2, 0) is 63.6 Å². The molecule has 4 amide bonds. The number of terminal acetylenes is 3. The monoisotopic (exact) mass is 1050 g/mol. The summed E-state index contributed by atoms with van der Waals surface area (Å²) in [6, 6.07) is 4.79. The van der Waals surface area contributed by atoms with Crippen LogP contribution in [0.3, 0.4) is 0 Å². The van der Waals surface area contributed by atoms with E-state index in [1.807, 2.05) is 0 Å². The van der Waals surface area contributed by atoms with Crippen LogP contribution in [0, 0.1) is 37.0 Å². The minimum Gasteiger partial charge on any atom is -0.379 e. The maximum Gasteiger partial charge on any atom is 0.471 e. The molecule has 74 heavy (non-hydrogen) atoms. The molecule has 0 saturated heterocycles. The first-order valence-electron chi connectivity index (χ1n) is 23.1. The number of carbonyl (C=O) groups excluding carboxylic acids is 4. The lowest BCUT2D eigenvalue weighted by atomic mass is 10.0. The third kappa shape index (κ3) is 24.8. The van der Waals surface area contributed by atoms with E-state index in [2.05, 4.69) is 53.6 Å². The first kappa shape index (κ1) is 61.5. The number of ether oxygens (including phenoxy) is 9. The van der Waals surface area contributed by atoms with Gasteiger partial charge in [0.25, 0.3) is 11.5 Å². The third-order valence-corrected chi connectivity index (χ3v) is 9.60. The van der Waals surface area contributed by atoms with Gasteiger partial charge in [0.15, 0.2) is 11.2 Å². The standard InChI is InChI=1S/C48H62F3N9O14/c1-4-16-72-33-47(34-73-17-5-2,35-74-18-6-3)59-40(62)13-19-66-21-23-68-25-27-70-29-30-71-28-26-69-24-22-67-20-15-53-39(61)8-7-14-54-43(63)36-9-11-38(12-10-36)60(45(65)48(49,50)51)32-37-31-55-42-41(56-37)44(64)58-46(52)57-42/h1-3,9-12,31H,7-8,13-30,32-35H2,(H,53,61)(H,54,63)(H,59,62)(H3,52,55,57,58,64). The Morgan fingerprint density at radius 1 is 0.662 bits per heavy atom. The van der Waals surface area contributed by atoms with Crippen molar-refractivity contribution in [2.24, 2.45) is 0 Å². The molecule has 3 aromatic rings. The number of hydrogen-bond acceptors (Lipinski definition) is 18. The maximum atomic E-state index is 13.6. The number of carbonyl (C=O) groups is 4. The lowest BCUT2D eigenvalue weighted by Crippen LogP contribution is -2.58. The average molecular weight is 1050 g/mol. The van der Waals surface area contributed by atoms with E-state index in [-0.39, 0.29) is 131 Å². The highest BCUT2D eigenvalue weighted by atomic mass is 19.4. The quantitative estimate of drug-likeness (QED) is 0.0380.